The zero-order valence-corrected chi connectivity index (χ0v) is 7.98. The second-order valence-corrected chi connectivity index (χ2v) is 3.30. The lowest BCUT2D eigenvalue weighted by Gasteiger charge is -2.11. The first kappa shape index (κ1) is 10.9. The standard InChI is InChI=1S/C9H7ClF2O2/c1-9(11,12)5-2-3-6(8(13)14)7(10)4-5/h2-4H,1H3,(H,13,14). The van der Waals surface area contributed by atoms with Crippen LogP contribution in [0.4, 0.5) is 8.78 Å². The predicted octanol–water partition coefficient (Wildman–Crippen LogP) is 3.15. The number of hydrogen-bond acceptors (Lipinski definition) is 1. The van der Waals surface area contributed by atoms with E-state index < -0.39 is 11.9 Å². The maximum absolute atomic E-state index is 12.8. The summed E-state index contributed by atoms with van der Waals surface area (Å²) < 4.78 is 25.5. The molecule has 5 heteroatoms. The number of halogens is 3. The van der Waals surface area contributed by atoms with Crippen molar-refractivity contribution in [2.75, 3.05) is 0 Å². The van der Waals surface area contributed by atoms with E-state index in [2.05, 4.69) is 0 Å². The van der Waals surface area contributed by atoms with Gasteiger partial charge in [-0.25, -0.2) is 13.6 Å². The Hall–Kier alpha value is -1.16. The van der Waals surface area contributed by atoms with E-state index in [1.54, 1.807) is 0 Å². The van der Waals surface area contributed by atoms with Gasteiger partial charge >= 0.3 is 5.97 Å². The molecule has 0 fully saturated rings. The molecule has 2 nitrogen and oxygen atoms in total. The lowest BCUT2D eigenvalue weighted by atomic mass is 10.1. The van der Waals surface area contributed by atoms with Gasteiger partial charge in [-0.15, -0.1) is 0 Å². The first-order valence-electron chi connectivity index (χ1n) is 3.73. The molecular formula is C9H7ClF2O2. The van der Waals surface area contributed by atoms with Crippen molar-refractivity contribution in [1.82, 2.24) is 0 Å². The smallest absolute Gasteiger partial charge is 0.337 e. The molecule has 14 heavy (non-hydrogen) atoms. The summed E-state index contributed by atoms with van der Waals surface area (Å²) in [5.41, 5.74) is -0.479. The summed E-state index contributed by atoms with van der Waals surface area (Å²) >= 11 is 5.52. The summed E-state index contributed by atoms with van der Waals surface area (Å²) in [6.45, 7) is 0.721. The first-order valence-corrected chi connectivity index (χ1v) is 4.11. The van der Waals surface area contributed by atoms with E-state index in [0.717, 1.165) is 25.1 Å². The molecule has 0 aromatic heterocycles. The third kappa shape index (κ3) is 2.20. The number of carboxylic acid groups (broad SMARTS) is 1. The molecule has 0 aliphatic carbocycles. The summed E-state index contributed by atoms with van der Waals surface area (Å²) in [4.78, 5) is 10.5. The van der Waals surface area contributed by atoms with Crippen molar-refractivity contribution in [3.05, 3.63) is 34.3 Å². The molecule has 0 saturated heterocycles. The summed E-state index contributed by atoms with van der Waals surface area (Å²) in [5, 5.41) is 8.40. The second-order valence-electron chi connectivity index (χ2n) is 2.89. The molecule has 0 radical (unpaired) electrons. The Bertz CT molecular complexity index is 372. The van der Waals surface area contributed by atoms with Crippen molar-refractivity contribution < 1.29 is 18.7 Å². The molecule has 1 N–H and O–H groups in total. The maximum Gasteiger partial charge on any atom is 0.337 e. The highest BCUT2D eigenvalue weighted by atomic mass is 35.5. The highest BCUT2D eigenvalue weighted by Crippen LogP contribution is 2.30. The van der Waals surface area contributed by atoms with Gasteiger partial charge in [-0.1, -0.05) is 17.7 Å². The average Bonchev–Trinajstić information content (AvgIpc) is 2.01. The Kier molecular flexibility index (Phi) is 2.76. The molecule has 0 atom stereocenters. The summed E-state index contributed by atoms with van der Waals surface area (Å²) in [6, 6.07) is 3.08. The van der Waals surface area contributed by atoms with Crippen LogP contribution >= 0.6 is 11.6 Å². The van der Waals surface area contributed by atoms with Crippen molar-refractivity contribution in [3.63, 3.8) is 0 Å². The highest BCUT2D eigenvalue weighted by molar-refractivity contribution is 6.33. The molecular weight excluding hydrogens is 214 g/mol. The van der Waals surface area contributed by atoms with E-state index >= 15 is 0 Å². The molecule has 76 valence electrons. The van der Waals surface area contributed by atoms with E-state index in [-0.39, 0.29) is 16.1 Å². The fraction of sp³-hybridized carbons (Fsp3) is 0.222. The van der Waals surface area contributed by atoms with E-state index in [4.69, 9.17) is 16.7 Å². The molecule has 0 unspecified atom stereocenters. The molecule has 1 aromatic rings. The fourth-order valence-corrected chi connectivity index (χ4v) is 1.22. The van der Waals surface area contributed by atoms with E-state index in [0.29, 0.717) is 0 Å². The molecule has 0 aliphatic heterocycles. The Morgan fingerprint density at radius 1 is 1.50 bits per heavy atom. The van der Waals surface area contributed by atoms with Crippen LogP contribution in [-0.4, -0.2) is 11.1 Å². The van der Waals surface area contributed by atoms with E-state index in [1.165, 1.54) is 0 Å². The Labute approximate surface area is 84.1 Å². The van der Waals surface area contributed by atoms with Crippen LogP contribution in [0, 0.1) is 0 Å². The van der Waals surface area contributed by atoms with Crippen LogP contribution < -0.4 is 0 Å². The maximum atomic E-state index is 12.8. The predicted molar refractivity (Wildman–Crippen MR) is 48.0 cm³/mol. The SMILES string of the molecule is CC(F)(F)c1ccc(C(=O)O)c(Cl)c1. The van der Waals surface area contributed by atoms with Crippen LogP contribution in [0.5, 0.6) is 0 Å². The minimum Gasteiger partial charge on any atom is -0.478 e. The zero-order valence-electron chi connectivity index (χ0n) is 7.22. The Morgan fingerprint density at radius 2 is 2.07 bits per heavy atom. The van der Waals surface area contributed by atoms with Crippen LogP contribution in [-0.2, 0) is 5.92 Å². The molecule has 0 spiro atoms. The molecule has 0 amide bonds. The van der Waals surface area contributed by atoms with E-state index in [9.17, 15) is 13.6 Å². The number of rotatable bonds is 2. The molecule has 1 rings (SSSR count). The monoisotopic (exact) mass is 220 g/mol. The van der Waals surface area contributed by atoms with Crippen LogP contribution in [0.3, 0.4) is 0 Å². The molecule has 0 saturated carbocycles. The third-order valence-electron chi connectivity index (χ3n) is 1.71. The normalized spacial score (nSPS) is 11.4. The van der Waals surface area contributed by atoms with Crippen molar-refractivity contribution in [3.8, 4) is 0 Å². The van der Waals surface area contributed by atoms with Crippen LogP contribution in [0.25, 0.3) is 0 Å². The van der Waals surface area contributed by atoms with Crippen molar-refractivity contribution in [1.29, 1.82) is 0 Å². The van der Waals surface area contributed by atoms with Gasteiger partial charge in [-0.2, -0.15) is 0 Å². The van der Waals surface area contributed by atoms with Gasteiger partial charge in [0.1, 0.15) is 0 Å². The van der Waals surface area contributed by atoms with Gasteiger partial charge in [0.25, 0.3) is 5.92 Å². The van der Waals surface area contributed by atoms with Gasteiger partial charge < -0.3 is 5.11 Å². The second kappa shape index (κ2) is 3.53. The molecule has 0 heterocycles. The minimum absolute atomic E-state index is 0.181. The number of carbonyl (C=O) groups is 1. The number of aromatic carboxylic acids is 1. The van der Waals surface area contributed by atoms with Crippen LogP contribution in [0.2, 0.25) is 5.02 Å². The lowest BCUT2D eigenvalue weighted by molar-refractivity contribution is 0.0174. The third-order valence-corrected chi connectivity index (χ3v) is 2.02. The molecule has 0 aliphatic rings. The van der Waals surface area contributed by atoms with Crippen molar-refractivity contribution >= 4 is 17.6 Å². The van der Waals surface area contributed by atoms with Gasteiger partial charge in [0.2, 0.25) is 0 Å². The largest absolute Gasteiger partial charge is 0.478 e. The Morgan fingerprint density at radius 3 is 2.43 bits per heavy atom. The average molecular weight is 221 g/mol. The summed E-state index contributed by atoms with van der Waals surface area (Å²) in [7, 11) is 0. The van der Waals surface area contributed by atoms with E-state index in [1.807, 2.05) is 0 Å². The zero-order chi connectivity index (χ0) is 10.9. The number of carboxylic acids is 1. The van der Waals surface area contributed by atoms with Crippen LogP contribution in [0.1, 0.15) is 22.8 Å². The van der Waals surface area contributed by atoms with Gasteiger partial charge in [0, 0.05) is 12.5 Å². The Balaban J connectivity index is 3.20. The topological polar surface area (TPSA) is 37.3 Å². The van der Waals surface area contributed by atoms with Crippen molar-refractivity contribution in [2.45, 2.75) is 12.8 Å². The molecule has 1 aromatic carbocycles. The quantitative estimate of drug-likeness (QED) is 0.831. The molecule has 0 bridgehead atoms. The highest BCUT2D eigenvalue weighted by Gasteiger charge is 2.25. The van der Waals surface area contributed by atoms with Gasteiger partial charge in [-0.3, -0.25) is 0 Å². The minimum atomic E-state index is -3.01. The summed E-state index contributed by atoms with van der Waals surface area (Å²) in [6.07, 6.45) is 0. The van der Waals surface area contributed by atoms with Crippen molar-refractivity contribution in [2.24, 2.45) is 0 Å². The first-order chi connectivity index (χ1) is 6.32. The number of benzene rings is 1. The number of hydrogen-bond donors (Lipinski definition) is 1. The van der Waals surface area contributed by atoms with Gasteiger partial charge in [-0.05, 0) is 12.1 Å². The van der Waals surface area contributed by atoms with Crippen LogP contribution in [0.15, 0.2) is 18.2 Å². The fourth-order valence-electron chi connectivity index (χ4n) is 0.962. The van der Waals surface area contributed by atoms with Gasteiger partial charge in [0.05, 0.1) is 10.6 Å². The summed E-state index contributed by atoms with van der Waals surface area (Å²) in [5.74, 6) is -4.25. The lowest BCUT2D eigenvalue weighted by Crippen LogP contribution is -2.08. The number of alkyl halides is 2. The van der Waals surface area contributed by atoms with Gasteiger partial charge in [0.15, 0.2) is 0 Å².